The minimum atomic E-state index is 0.0117. The van der Waals surface area contributed by atoms with Gasteiger partial charge in [-0.25, -0.2) is 0 Å². The van der Waals surface area contributed by atoms with Gasteiger partial charge in [0.2, 0.25) is 0 Å². The summed E-state index contributed by atoms with van der Waals surface area (Å²) in [7, 11) is 0. The van der Waals surface area contributed by atoms with E-state index in [1.165, 1.54) is 5.56 Å². The monoisotopic (exact) mass is 295 g/mol. The molecule has 5 rings (SSSR count). The molecule has 1 amide bonds. The normalized spacial score (nSPS) is 26.1. The van der Waals surface area contributed by atoms with E-state index in [4.69, 9.17) is 4.52 Å². The summed E-state index contributed by atoms with van der Waals surface area (Å²) in [5.74, 6) is 1.37. The van der Waals surface area contributed by atoms with Gasteiger partial charge in [0.25, 0.3) is 5.91 Å². The second-order valence-electron chi connectivity index (χ2n) is 6.59. The van der Waals surface area contributed by atoms with Crippen molar-refractivity contribution in [3.05, 3.63) is 47.1 Å². The average molecular weight is 295 g/mol. The molecule has 2 fully saturated rings. The highest BCUT2D eigenvalue weighted by atomic mass is 16.5. The third-order valence-electron chi connectivity index (χ3n) is 5.18. The van der Waals surface area contributed by atoms with Crippen LogP contribution < -0.4 is 0 Å². The predicted octanol–water partition coefficient (Wildman–Crippen LogP) is 2.85. The molecule has 2 atom stereocenters. The molecule has 0 aromatic carbocycles. The van der Waals surface area contributed by atoms with Crippen molar-refractivity contribution in [2.75, 3.05) is 0 Å². The van der Waals surface area contributed by atoms with Crippen LogP contribution in [0.2, 0.25) is 0 Å². The predicted molar refractivity (Wildman–Crippen MR) is 78.4 cm³/mol. The van der Waals surface area contributed by atoms with E-state index in [9.17, 15) is 4.79 Å². The molecule has 4 heterocycles. The Morgan fingerprint density at radius 1 is 1.27 bits per heavy atom. The summed E-state index contributed by atoms with van der Waals surface area (Å²) < 4.78 is 5.35. The minimum absolute atomic E-state index is 0.0117. The molecule has 112 valence electrons. The second-order valence-corrected chi connectivity index (χ2v) is 6.59. The van der Waals surface area contributed by atoms with Gasteiger partial charge >= 0.3 is 0 Å². The fraction of sp³-hybridized carbons (Fsp3) is 0.471. The van der Waals surface area contributed by atoms with E-state index >= 15 is 0 Å². The molecule has 5 heteroatoms. The summed E-state index contributed by atoms with van der Waals surface area (Å²) in [6.07, 6.45) is 7.05. The first-order valence-electron chi connectivity index (χ1n) is 8.04. The summed E-state index contributed by atoms with van der Waals surface area (Å²) in [5.41, 5.74) is 2.82. The topological polar surface area (TPSA) is 59.2 Å². The van der Waals surface area contributed by atoms with Gasteiger partial charge in [-0.1, -0.05) is 11.2 Å². The summed E-state index contributed by atoms with van der Waals surface area (Å²) in [4.78, 5) is 19.4. The van der Waals surface area contributed by atoms with Gasteiger partial charge in [0, 0.05) is 36.3 Å². The molecule has 0 N–H and O–H groups in total. The van der Waals surface area contributed by atoms with E-state index in [0.717, 1.165) is 43.6 Å². The van der Waals surface area contributed by atoms with E-state index < -0.39 is 0 Å². The number of carbonyl (C=O) groups excluding carboxylic acids is 1. The van der Waals surface area contributed by atoms with Gasteiger partial charge in [-0.3, -0.25) is 9.78 Å². The standard InChI is InChI=1S/C17H17N3O2/c21-17(14-9-16(22-19-14)10-3-4-10)20-11-5-6-15(20)12-2-1-7-18-13(12)8-11/h1-2,7,9-11,15H,3-6,8H2/t11-,15+/m0/s1. The van der Waals surface area contributed by atoms with Crippen LogP contribution in [0.5, 0.6) is 0 Å². The highest BCUT2D eigenvalue weighted by Gasteiger charge is 2.44. The van der Waals surface area contributed by atoms with E-state index in [0.29, 0.717) is 11.6 Å². The molecular formula is C17H17N3O2. The SMILES string of the molecule is O=C(c1cc(C2CC2)on1)N1[C@H]2CC[C@@H]1c1cccnc1C2. The van der Waals surface area contributed by atoms with Gasteiger partial charge in [0.15, 0.2) is 5.69 Å². The Morgan fingerprint density at radius 3 is 3.05 bits per heavy atom. The summed E-state index contributed by atoms with van der Waals surface area (Å²) in [6.45, 7) is 0. The van der Waals surface area contributed by atoms with E-state index in [1.807, 2.05) is 23.2 Å². The minimum Gasteiger partial charge on any atom is -0.360 e. The van der Waals surface area contributed by atoms with E-state index in [1.54, 1.807) is 0 Å². The number of pyridine rings is 1. The summed E-state index contributed by atoms with van der Waals surface area (Å²) in [6, 6.07) is 6.31. The van der Waals surface area contributed by atoms with Gasteiger partial charge < -0.3 is 9.42 Å². The van der Waals surface area contributed by atoms with Crippen molar-refractivity contribution in [1.29, 1.82) is 0 Å². The average Bonchev–Trinajstić information content (AvgIpc) is 3.19. The summed E-state index contributed by atoms with van der Waals surface area (Å²) >= 11 is 0. The van der Waals surface area contributed by atoms with Crippen molar-refractivity contribution in [2.45, 2.75) is 50.1 Å². The lowest BCUT2D eigenvalue weighted by atomic mass is 9.97. The molecule has 1 saturated heterocycles. The van der Waals surface area contributed by atoms with Crippen molar-refractivity contribution in [1.82, 2.24) is 15.0 Å². The molecule has 0 spiro atoms. The van der Waals surface area contributed by atoms with Crippen molar-refractivity contribution in [2.24, 2.45) is 0 Å². The molecule has 3 aliphatic rings. The molecule has 5 nitrogen and oxygen atoms in total. The Bertz CT molecular complexity index is 750. The van der Waals surface area contributed by atoms with Crippen LogP contribution in [0.3, 0.4) is 0 Å². The van der Waals surface area contributed by atoms with Crippen LogP contribution in [0.25, 0.3) is 0 Å². The molecule has 1 saturated carbocycles. The summed E-state index contributed by atoms with van der Waals surface area (Å²) in [5, 5.41) is 4.02. The smallest absolute Gasteiger partial charge is 0.276 e. The van der Waals surface area contributed by atoms with Gasteiger partial charge in [0.05, 0.1) is 6.04 Å². The number of nitrogens with zero attached hydrogens (tertiary/aromatic N) is 3. The molecule has 22 heavy (non-hydrogen) atoms. The number of aromatic nitrogens is 2. The van der Waals surface area contributed by atoms with Gasteiger partial charge in [-0.2, -0.15) is 0 Å². The molecule has 2 aromatic heterocycles. The number of fused-ring (bicyclic) bond motifs is 4. The number of rotatable bonds is 2. The molecule has 2 bridgehead atoms. The molecule has 0 radical (unpaired) electrons. The second kappa shape index (κ2) is 4.41. The highest BCUT2D eigenvalue weighted by Crippen LogP contribution is 2.44. The Kier molecular flexibility index (Phi) is 2.48. The van der Waals surface area contributed by atoms with Crippen LogP contribution in [0.15, 0.2) is 28.9 Å². The largest absolute Gasteiger partial charge is 0.360 e. The molecular weight excluding hydrogens is 278 g/mol. The van der Waals surface area contributed by atoms with Crippen LogP contribution in [-0.4, -0.2) is 27.0 Å². The zero-order chi connectivity index (χ0) is 14.7. The zero-order valence-corrected chi connectivity index (χ0v) is 12.2. The first-order chi connectivity index (χ1) is 10.8. The maximum absolute atomic E-state index is 12.9. The van der Waals surface area contributed by atoms with Crippen LogP contribution in [0.4, 0.5) is 0 Å². The van der Waals surface area contributed by atoms with Crippen molar-refractivity contribution < 1.29 is 9.32 Å². The van der Waals surface area contributed by atoms with Gasteiger partial charge in [-0.05, 0) is 37.3 Å². The van der Waals surface area contributed by atoms with Crippen molar-refractivity contribution >= 4 is 5.91 Å². The Labute approximate surface area is 128 Å². The van der Waals surface area contributed by atoms with Crippen molar-refractivity contribution in [3.8, 4) is 0 Å². The number of amides is 1. The van der Waals surface area contributed by atoms with Gasteiger partial charge in [0.1, 0.15) is 5.76 Å². The first kappa shape index (κ1) is 12.4. The lowest BCUT2D eigenvalue weighted by molar-refractivity contribution is 0.0633. The Hall–Kier alpha value is -2.17. The Morgan fingerprint density at radius 2 is 2.18 bits per heavy atom. The van der Waals surface area contributed by atoms with Crippen LogP contribution >= 0.6 is 0 Å². The fourth-order valence-electron chi connectivity index (χ4n) is 3.93. The van der Waals surface area contributed by atoms with Crippen LogP contribution in [-0.2, 0) is 6.42 Å². The molecule has 0 unspecified atom stereocenters. The maximum atomic E-state index is 12.9. The number of hydrogen-bond acceptors (Lipinski definition) is 4. The number of hydrogen-bond donors (Lipinski definition) is 0. The maximum Gasteiger partial charge on any atom is 0.276 e. The molecule has 1 aliphatic carbocycles. The third-order valence-corrected chi connectivity index (χ3v) is 5.18. The van der Waals surface area contributed by atoms with Gasteiger partial charge in [-0.15, -0.1) is 0 Å². The quantitative estimate of drug-likeness (QED) is 0.854. The van der Waals surface area contributed by atoms with E-state index in [2.05, 4.69) is 16.2 Å². The first-order valence-corrected chi connectivity index (χ1v) is 8.04. The number of carbonyl (C=O) groups is 1. The lowest BCUT2D eigenvalue weighted by Crippen LogP contribution is -2.42. The highest BCUT2D eigenvalue weighted by molar-refractivity contribution is 5.93. The van der Waals surface area contributed by atoms with E-state index in [-0.39, 0.29) is 18.0 Å². The Balaban J connectivity index is 1.48. The van der Waals surface area contributed by atoms with Crippen molar-refractivity contribution in [3.63, 3.8) is 0 Å². The van der Waals surface area contributed by atoms with Crippen LogP contribution in [0, 0.1) is 0 Å². The third kappa shape index (κ3) is 1.74. The fourth-order valence-corrected chi connectivity index (χ4v) is 3.93. The molecule has 2 aromatic rings. The molecule has 2 aliphatic heterocycles. The zero-order valence-electron chi connectivity index (χ0n) is 12.2. The lowest BCUT2D eigenvalue weighted by Gasteiger charge is -2.35. The van der Waals surface area contributed by atoms with Crippen LogP contribution in [0.1, 0.15) is 65.1 Å².